The topological polar surface area (TPSA) is 69.7 Å². The molecule has 1 N–H and O–H groups in total. The van der Waals surface area contributed by atoms with Gasteiger partial charge >= 0.3 is 0 Å². The summed E-state index contributed by atoms with van der Waals surface area (Å²) in [6.45, 7) is 2.73. The van der Waals surface area contributed by atoms with E-state index in [4.69, 9.17) is 14.2 Å². The molecule has 1 heterocycles. The summed E-state index contributed by atoms with van der Waals surface area (Å²) in [5.41, 5.74) is 1.28. The molecule has 6 nitrogen and oxygen atoms in total. The molecule has 0 aliphatic rings. The molecular formula is C17H20N2O4. The van der Waals surface area contributed by atoms with Crippen molar-refractivity contribution in [2.24, 2.45) is 0 Å². The van der Waals surface area contributed by atoms with Gasteiger partial charge in [-0.1, -0.05) is 6.07 Å². The van der Waals surface area contributed by atoms with Crippen molar-refractivity contribution in [3.8, 4) is 17.4 Å². The molecule has 1 aromatic heterocycles. The van der Waals surface area contributed by atoms with Crippen LogP contribution in [0.4, 0.5) is 0 Å². The highest BCUT2D eigenvalue weighted by Crippen LogP contribution is 2.22. The first-order valence-corrected chi connectivity index (χ1v) is 7.26. The number of amides is 1. The van der Waals surface area contributed by atoms with E-state index in [1.165, 1.54) is 0 Å². The molecule has 2 aromatic rings. The zero-order valence-corrected chi connectivity index (χ0v) is 13.5. The summed E-state index contributed by atoms with van der Waals surface area (Å²) in [6, 6.07) is 8.70. The van der Waals surface area contributed by atoms with Crippen LogP contribution in [0.2, 0.25) is 0 Å². The van der Waals surface area contributed by atoms with E-state index in [9.17, 15) is 4.79 Å². The van der Waals surface area contributed by atoms with Gasteiger partial charge in [0, 0.05) is 29.9 Å². The first-order valence-electron chi connectivity index (χ1n) is 7.26. The molecule has 1 aromatic carbocycles. The van der Waals surface area contributed by atoms with Crippen LogP contribution in [0.5, 0.6) is 17.4 Å². The number of methoxy groups -OCH3 is 2. The molecule has 0 bridgehead atoms. The molecule has 122 valence electrons. The van der Waals surface area contributed by atoms with E-state index in [1.54, 1.807) is 44.7 Å². The maximum atomic E-state index is 12.3. The van der Waals surface area contributed by atoms with Gasteiger partial charge in [0.25, 0.3) is 5.91 Å². The van der Waals surface area contributed by atoms with Crippen LogP contribution in [0.1, 0.15) is 22.8 Å². The Kier molecular flexibility index (Phi) is 5.80. The predicted octanol–water partition coefficient (Wildman–Crippen LogP) is 2.43. The molecule has 23 heavy (non-hydrogen) atoms. The Bertz CT molecular complexity index is 651. The van der Waals surface area contributed by atoms with Gasteiger partial charge in [-0.05, 0) is 25.1 Å². The van der Waals surface area contributed by atoms with Crippen molar-refractivity contribution >= 4 is 5.91 Å². The summed E-state index contributed by atoms with van der Waals surface area (Å²) in [4.78, 5) is 16.5. The minimum atomic E-state index is -0.228. The number of ether oxygens (including phenoxy) is 3. The summed E-state index contributed by atoms with van der Waals surface area (Å²) >= 11 is 0. The lowest BCUT2D eigenvalue weighted by Gasteiger charge is -2.11. The van der Waals surface area contributed by atoms with E-state index < -0.39 is 0 Å². The van der Waals surface area contributed by atoms with Crippen LogP contribution in [0, 0.1) is 0 Å². The molecule has 0 aliphatic carbocycles. The van der Waals surface area contributed by atoms with Crippen molar-refractivity contribution in [1.82, 2.24) is 10.3 Å². The van der Waals surface area contributed by atoms with E-state index in [1.807, 2.05) is 13.0 Å². The molecule has 0 radical (unpaired) electrons. The van der Waals surface area contributed by atoms with Gasteiger partial charge in [-0.2, -0.15) is 0 Å². The minimum Gasteiger partial charge on any atom is -0.497 e. The molecule has 0 fully saturated rings. The molecule has 0 saturated heterocycles. The number of aromatic nitrogens is 1. The normalized spacial score (nSPS) is 10.0. The second-order valence-corrected chi connectivity index (χ2v) is 4.68. The smallest absolute Gasteiger partial charge is 0.251 e. The van der Waals surface area contributed by atoms with Gasteiger partial charge in [0.1, 0.15) is 11.5 Å². The summed E-state index contributed by atoms with van der Waals surface area (Å²) in [5.74, 6) is 1.42. The molecule has 0 unspecified atom stereocenters. The number of hydrogen-bond donors (Lipinski definition) is 1. The van der Waals surface area contributed by atoms with E-state index in [0.717, 1.165) is 5.56 Å². The molecule has 2 rings (SSSR count). The number of carbonyl (C=O) groups excluding carboxylic acids is 1. The van der Waals surface area contributed by atoms with Gasteiger partial charge in [-0.15, -0.1) is 0 Å². The third-order valence-electron chi connectivity index (χ3n) is 3.18. The highest BCUT2D eigenvalue weighted by Gasteiger charge is 2.11. The third kappa shape index (κ3) is 4.35. The summed E-state index contributed by atoms with van der Waals surface area (Å²) in [5, 5.41) is 2.85. The number of carbonyl (C=O) groups is 1. The van der Waals surface area contributed by atoms with Gasteiger partial charge < -0.3 is 19.5 Å². The van der Waals surface area contributed by atoms with Crippen LogP contribution in [0.15, 0.2) is 36.5 Å². The monoisotopic (exact) mass is 316 g/mol. The SMILES string of the molecule is CCOc1ncccc1CNC(=O)c1cc(OC)cc(OC)c1. The largest absolute Gasteiger partial charge is 0.497 e. The van der Waals surface area contributed by atoms with Crippen molar-refractivity contribution in [2.75, 3.05) is 20.8 Å². The maximum Gasteiger partial charge on any atom is 0.251 e. The number of benzene rings is 1. The quantitative estimate of drug-likeness (QED) is 0.849. The van der Waals surface area contributed by atoms with Crippen LogP contribution in [0.3, 0.4) is 0 Å². The fourth-order valence-electron chi connectivity index (χ4n) is 2.04. The summed E-state index contributed by atoms with van der Waals surface area (Å²) in [6.07, 6.45) is 1.66. The summed E-state index contributed by atoms with van der Waals surface area (Å²) < 4.78 is 15.8. The molecule has 0 aliphatic heterocycles. The second-order valence-electron chi connectivity index (χ2n) is 4.68. The van der Waals surface area contributed by atoms with E-state index in [2.05, 4.69) is 10.3 Å². The van der Waals surface area contributed by atoms with Crippen molar-refractivity contribution in [1.29, 1.82) is 0 Å². The number of nitrogens with zero attached hydrogens (tertiary/aromatic N) is 1. The standard InChI is InChI=1S/C17H20N2O4/c1-4-23-17-12(6-5-7-18-17)11-19-16(20)13-8-14(21-2)10-15(9-13)22-3/h5-10H,4,11H2,1-3H3,(H,19,20). The average molecular weight is 316 g/mol. The van der Waals surface area contributed by atoms with Gasteiger partial charge in [0.15, 0.2) is 0 Å². The van der Waals surface area contributed by atoms with Crippen molar-refractivity contribution in [3.63, 3.8) is 0 Å². The highest BCUT2D eigenvalue weighted by molar-refractivity contribution is 5.95. The Hall–Kier alpha value is -2.76. The predicted molar refractivity (Wildman–Crippen MR) is 86.1 cm³/mol. The fourth-order valence-corrected chi connectivity index (χ4v) is 2.04. The Labute approximate surface area is 135 Å². The lowest BCUT2D eigenvalue weighted by Crippen LogP contribution is -2.23. The number of hydrogen-bond acceptors (Lipinski definition) is 5. The highest BCUT2D eigenvalue weighted by atomic mass is 16.5. The lowest BCUT2D eigenvalue weighted by molar-refractivity contribution is 0.0950. The maximum absolute atomic E-state index is 12.3. The lowest BCUT2D eigenvalue weighted by atomic mass is 10.1. The number of rotatable bonds is 7. The Balaban J connectivity index is 2.11. The number of nitrogens with one attached hydrogen (secondary N) is 1. The van der Waals surface area contributed by atoms with Crippen LogP contribution >= 0.6 is 0 Å². The molecule has 6 heteroatoms. The zero-order chi connectivity index (χ0) is 16.7. The molecule has 0 spiro atoms. The van der Waals surface area contributed by atoms with Gasteiger partial charge in [0.05, 0.1) is 20.8 Å². The molecular weight excluding hydrogens is 296 g/mol. The first-order chi connectivity index (χ1) is 11.2. The Morgan fingerprint density at radius 3 is 2.48 bits per heavy atom. The fraction of sp³-hybridized carbons (Fsp3) is 0.294. The third-order valence-corrected chi connectivity index (χ3v) is 3.18. The molecule has 0 atom stereocenters. The van der Waals surface area contributed by atoms with Crippen molar-refractivity contribution < 1.29 is 19.0 Å². The van der Waals surface area contributed by atoms with Crippen LogP contribution in [-0.4, -0.2) is 31.7 Å². The number of pyridine rings is 1. The minimum absolute atomic E-state index is 0.228. The van der Waals surface area contributed by atoms with Gasteiger partial charge in [0.2, 0.25) is 5.88 Å². The summed E-state index contributed by atoms with van der Waals surface area (Å²) in [7, 11) is 3.08. The molecule has 1 amide bonds. The van der Waals surface area contributed by atoms with Crippen LogP contribution in [-0.2, 0) is 6.54 Å². The van der Waals surface area contributed by atoms with Crippen LogP contribution in [0.25, 0.3) is 0 Å². The molecule has 0 saturated carbocycles. The first kappa shape index (κ1) is 16.6. The van der Waals surface area contributed by atoms with E-state index in [-0.39, 0.29) is 5.91 Å². The zero-order valence-electron chi connectivity index (χ0n) is 13.5. The second kappa shape index (κ2) is 8.03. The Morgan fingerprint density at radius 2 is 1.87 bits per heavy atom. The van der Waals surface area contributed by atoms with Gasteiger partial charge in [-0.3, -0.25) is 4.79 Å². The van der Waals surface area contributed by atoms with Crippen molar-refractivity contribution in [3.05, 3.63) is 47.7 Å². The van der Waals surface area contributed by atoms with E-state index in [0.29, 0.717) is 36.1 Å². The van der Waals surface area contributed by atoms with Gasteiger partial charge in [-0.25, -0.2) is 4.98 Å². The van der Waals surface area contributed by atoms with E-state index >= 15 is 0 Å². The average Bonchev–Trinajstić information content (AvgIpc) is 2.60. The Morgan fingerprint density at radius 1 is 1.17 bits per heavy atom. The van der Waals surface area contributed by atoms with Crippen molar-refractivity contribution in [2.45, 2.75) is 13.5 Å². The van der Waals surface area contributed by atoms with Crippen LogP contribution < -0.4 is 19.5 Å².